The van der Waals surface area contributed by atoms with Crippen LogP contribution in [0.15, 0.2) is 54.2 Å². The number of ether oxygens (including phenoxy) is 1. The summed E-state index contributed by atoms with van der Waals surface area (Å²) in [5, 5.41) is 22.1. The molecular weight excluding hydrogens is 396 g/mol. The molecule has 1 aromatic heterocycles. The number of hydrogen-bond donors (Lipinski definition) is 3. The minimum Gasteiger partial charge on any atom is -0.507 e. The molecule has 1 unspecified atom stereocenters. The number of para-hydroxylation sites is 1. The van der Waals surface area contributed by atoms with Crippen molar-refractivity contribution in [3.05, 3.63) is 65.4 Å². The molecule has 1 amide bonds. The number of carbonyl (C=O) groups excluding carboxylic acids is 2. The highest BCUT2D eigenvalue weighted by atomic mass is 16.5. The van der Waals surface area contributed by atoms with Crippen molar-refractivity contribution in [2.45, 2.75) is 26.3 Å². The number of phenols is 1. The molecule has 1 atom stereocenters. The van der Waals surface area contributed by atoms with Gasteiger partial charge in [0.1, 0.15) is 5.76 Å². The topological polar surface area (TPSA) is 103 Å². The molecule has 31 heavy (non-hydrogen) atoms. The lowest BCUT2D eigenvalue weighted by atomic mass is 9.94. The number of nitrogens with zero attached hydrogens (tertiary/aromatic N) is 1. The van der Waals surface area contributed by atoms with Crippen LogP contribution in [0.25, 0.3) is 16.7 Å². The molecular formula is C24H24N2O5. The van der Waals surface area contributed by atoms with Crippen molar-refractivity contribution in [2.75, 3.05) is 13.2 Å². The maximum Gasteiger partial charge on any atom is 0.295 e. The Labute approximate surface area is 179 Å². The molecule has 1 fully saturated rings. The Bertz CT molecular complexity index is 1190. The first-order valence-electron chi connectivity index (χ1n) is 10.3. The van der Waals surface area contributed by atoms with E-state index in [1.807, 2.05) is 31.2 Å². The fourth-order valence-corrected chi connectivity index (χ4v) is 4.08. The van der Waals surface area contributed by atoms with E-state index in [0.717, 1.165) is 10.9 Å². The number of hydrogen-bond acceptors (Lipinski definition) is 5. The quantitative estimate of drug-likeness (QED) is 0.316. The number of aliphatic hydroxyl groups excluding tert-OH is 1. The lowest BCUT2D eigenvalue weighted by Gasteiger charge is -2.25. The van der Waals surface area contributed by atoms with Crippen LogP contribution in [-0.2, 0) is 9.59 Å². The second-order valence-electron chi connectivity index (χ2n) is 7.40. The Hall–Kier alpha value is -3.74. The summed E-state index contributed by atoms with van der Waals surface area (Å²) in [6.07, 6.45) is 2.28. The Morgan fingerprint density at radius 2 is 1.94 bits per heavy atom. The van der Waals surface area contributed by atoms with Crippen molar-refractivity contribution in [1.29, 1.82) is 0 Å². The van der Waals surface area contributed by atoms with Crippen LogP contribution in [-0.4, -0.2) is 44.9 Å². The van der Waals surface area contributed by atoms with E-state index < -0.39 is 17.7 Å². The van der Waals surface area contributed by atoms with Crippen molar-refractivity contribution >= 4 is 28.4 Å². The number of ketones is 1. The molecule has 3 N–H and O–H groups in total. The van der Waals surface area contributed by atoms with Crippen LogP contribution in [0.5, 0.6) is 11.5 Å². The number of aromatic nitrogens is 1. The van der Waals surface area contributed by atoms with E-state index in [9.17, 15) is 19.8 Å². The molecule has 4 rings (SSSR count). The SMILES string of the molecule is CCCN1C(=O)C(=O)/C(=C(\O)c2c[nH]c3ccccc23)C1c1ccc(O)c(OCC)c1. The van der Waals surface area contributed by atoms with E-state index in [1.54, 1.807) is 25.3 Å². The molecule has 0 spiro atoms. The van der Waals surface area contributed by atoms with Crippen LogP contribution in [0.2, 0.25) is 0 Å². The molecule has 1 aliphatic rings. The van der Waals surface area contributed by atoms with Crippen LogP contribution in [0.1, 0.15) is 37.4 Å². The Balaban J connectivity index is 1.92. The number of aromatic hydroxyl groups is 1. The first-order chi connectivity index (χ1) is 15.0. The van der Waals surface area contributed by atoms with Gasteiger partial charge in [0.15, 0.2) is 11.5 Å². The van der Waals surface area contributed by atoms with Crippen molar-refractivity contribution in [1.82, 2.24) is 9.88 Å². The molecule has 7 nitrogen and oxygen atoms in total. The van der Waals surface area contributed by atoms with Gasteiger partial charge in [-0.05, 0) is 37.1 Å². The number of Topliss-reactive ketones (excluding diaryl/α,β-unsaturated/α-hetero) is 1. The fourth-order valence-electron chi connectivity index (χ4n) is 4.08. The molecule has 1 saturated heterocycles. The van der Waals surface area contributed by atoms with E-state index in [2.05, 4.69) is 4.98 Å². The standard InChI is InChI=1S/C24H24N2O5/c1-3-11-26-21(14-9-10-18(27)19(12-14)31-4-2)20(23(29)24(26)30)22(28)16-13-25-17-8-6-5-7-15(16)17/h5-10,12-13,21,25,27-28H,3-4,11H2,1-2H3/b22-20-. The molecule has 0 saturated carbocycles. The second kappa shape index (κ2) is 8.18. The van der Waals surface area contributed by atoms with Crippen LogP contribution >= 0.6 is 0 Å². The third kappa shape index (κ3) is 3.42. The van der Waals surface area contributed by atoms with E-state index >= 15 is 0 Å². The zero-order valence-corrected chi connectivity index (χ0v) is 17.4. The highest BCUT2D eigenvalue weighted by molar-refractivity contribution is 6.46. The molecule has 2 heterocycles. The number of likely N-dealkylation sites (tertiary alicyclic amines) is 1. The number of phenolic OH excluding ortho intramolecular Hbond substituents is 1. The summed E-state index contributed by atoms with van der Waals surface area (Å²) in [6.45, 7) is 4.41. The van der Waals surface area contributed by atoms with Crippen molar-refractivity contribution < 1.29 is 24.5 Å². The van der Waals surface area contributed by atoms with E-state index in [-0.39, 0.29) is 22.8 Å². The van der Waals surface area contributed by atoms with Gasteiger partial charge in [-0.15, -0.1) is 0 Å². The molecule has 2 aromatic carbocycles. The lowest BCUT2D eigenvalue weighted by Crippen LogP contribution is -2.30. The number of nitrogens with one attached hydrogen (secondary N) is 1. The smallest absolute Gasteiger partial charge is 0.295 e. The van der Waals surface area contributed by atoms with E-state index in [4.69, 9.17) is 4.74 Å². The molecule has 0 aliphatic carbocycles. The number of fused-ring (bicyclic) bond motifs is 1. The van der Waals surface area contributed by atoms with Crippen molar-refractivity contribution in [2.24, 2.45) is 0 Å². The maximum absolute atomic E-state index is 13.0. The molecule has 0 bridgehead atoms. The van der Waals surface area contributed by atoms with E-state index in [1.165, 1.54) is 11.0 Å². The first kappa shape index (κ1) is 20.5. The van der Waals surface area contributed by atoms with Crippen molar-refractivity contribution in [3.8, 4) is 11.5 Å². The second-order valence-corrected chi connectivity index (χ2v) is 7.40. The summed E-state index contributed by atoms with van der Waals surface area (Å²) in [7, 11) is 0. The number of amides is 1. The normalized spacial score (nSPS) is 18.1. The summed E-state index contributed by atoms with van der Waals surface area (Å²) in [5.41, 5.74) is 1.87. The van der Waals surface area contributed by atoms with Gasteiger partial charge in [0.2, 0.25) is 0 Å². The number of H-pyrrole nitrogens is 1. The monoisotopic (exact) mass is 420 g/mol. The molecule has 3 aromatic rings. The number of aliphatic hydroxyl groups is 1. The minimum atomic E-state index is -0.784. The third-order valence-electron chi connectivity index (χ3n) is 5.45. The van der Waals surface area contributed by atoms with Gasteiger partial charge < -0.3 is 24.8 Å². The average Bonchev–Trinajstić information content (AvgIpc) is 3.30. The van der Waals surface area contributed by atoms with Gasteiger partial charge in [0.05, 0.1) is 18.2 Å². The highest BCUT2D eigenvalue weighted by Gasteiger charge is 2.46. The zero-order valence-electron chi connectivity index (χ0n) is 17.4. The largest absolute Gasteiger partial charge is 0.507 e. The van der Waals surface area contributed by atoms with Crippen LogP contribution in [0, 0.1) is 0 Å². The summed E-state index contributed by atoms with van der Waals surface area (Å²) >= 11 is 0. The highest BCUT2D eigenvalue weighted by Crippen LogP contribution is 2.42. The predicted molar refractivity (Wildman–Crippen MR) is 117 cm³/mol. The number of benzene rings is 2. The third-order valence-corrected chi connectivity index (χ3v) is 5.45. The van der Waals surface area contributed by atoms with Crippen LogP contribution in [0.4, 0.5) is 0 Å². The molecule has 160 valence electrons. The minimum absolute atomic E-state index is 0.0244. The maximum atomic E-state index is 13.0. The fraction of sp³-hybridized carbons (Fsp3) is 0.250. The Morgan fingerprint density at radius 1 is 1.16 bits per heavy atom. The van der Waals surface area contributed by atoms with Gasteiger partial charge >= 0.3 is 0 Å². The van der Waals surface area contributed by atoms with Gasteiger partial charge in [-0.1, -0.05) is 31.2 Å². The summed E-state index contributed by atoms with van der Waals surface area (Å²) < 4.78 is 5.49. The summed E-state index contributed by atoms with van der Waals surface area (Å²) in [5.74, 6) is -1.39. The van der Waals surface area contributed by atoms with Gasteiger partial charge in [-0.25, -0.2) is 0 Å². The van der Waals surface area contributed by atoms with Crippen LogP contribution < -0.4 is 4.74 Å². The number of aromatic amines is 1. The van der Waals surface area contributed by atoms with Gasteiger partial charge in [-0.3, -0.25) is 9.59 Å². The number of rotatable bonds is 6. The lowest BCUT2D eigenvalue weighted by molar-refractivity contribution is -0.139. The van der Waals surface area contributed by atoms with Gasteiger partial charge in [0, 0.05) is 29.2 Å². The summed E-state index contributed by atoms with van der Waals surface area (Å²) in [6, 6.07) is 11.4. The Kier molecular flexibility index (Phi) is 5.42. The number of carbonyl (C=O) groups is 2. The predicted octanol–water partition coefficient (Wildman–Crippen LogP) is 4.10. The zero-order chi connectivity index (χ0) is 22.1. The summed E-state index contributed by atoms with van der Waals surface area (Å²) in [4.78, 5) is 30.4. The van der Waals surface area contributed by atoms with E-state index in [0.29, 0.717) is 30.7 Å². The Morgan fingerprint density at radius 3 is 2.68 bits per heavy atom. The molecule has 7 heteroatoms. The molecule has 0 radical (unpaired) electrons. The van der Waals surface area contributed by atoms with Crippen molar-refractivity contribution in [3.63, 3.8) is 0 Å². The molecule has 1 aliphatic heterocycles. The first-order valence-corrected chi connectivity index (χ1v) is 10.3. The van der Waals surface area contributed by atoms with Crippen LogP contribution in [0.3, 0.4) is 0 Å². The average molecular weight is 420 g/mol. The van der Waals surface area contributed by atoms with Gasteiger partial charge in [-0.2, -0.15) is 0 Å². The van der Waals surface area contributed by atoms with Gasteiger partial charge in [0.25, 0.3) is 11.7 Å².